The van der Waals surface area contributed by atoms with Crippen molar-refractivity contribution < 1.29 is 18.0 Å². The minimum atomic E-state index is -4.68. The van der Waals surface area contributed by atoms with Gasteiger partial charge in [-0.05, 0) is 19.8 Å². The van der Waals surface area contributed by atoms with E-state index in [-0.39, 0.29) is 5.91 Å². The van der Waals surface area contributed by atoms with E-state index in [1.54, 1.807) is 17.3 Å². The van der Waals surface area contributed by atoms with Crippen LogP contribution >= 0.6 is 11.3 Å². The van der Waals surface area contributed by atoms with Gasteiger partial charge in [0.1, 0.15) is 4.88 Å². The number of hydrogen-bond donors (Lipinski definition) is 0. The Kier molecular flexibility index (Phi) is 4.43. The van der Waals surface area contributed by atoms with Gasteiger partial charge in [0.05, 0.1) is 17.2 Å². The molecule has 11 heteroatoms. The average Bonchev–Trinajstić information content (AvgIpc) is 3.11. The number of carbonyl (C=O) groups is 1. The van der Waals surface area contributed by atoms with E-state index < -0.39 is 23.7 Å². The zero-order valence-electron chi connectivity index (χ0n) is 13.6. The first-order chi connectivity index (χ1) is 11.7. The molecule has 1 aliphatic heterocycles. The van der Waals surface area contributed by atoms with Crippen LogP contribution in [0.4, 0.5) is 13.2 Å². The summed E-state index contributed by atoms with van der Waals surface area (Å²) in [6.07, 6.45) is -3.94. The summed E-state index contributed by atoms with van der Waals surface area (Å²) >= 11 is 1.26. The number of aryl methyl sites for hydroxylation is 1. The smallest absolute Gasteiger partial charge is 0.338 e. The van der Waals surface area contributed by atoms with Crippen molar-refractivity contribution in [2.75, 3.05) is 13.1 Å². The van der Waals surface area contributed by atoms with E-state index in [0.29, 0.717) is 41.1 Å². The van der Waals surface area contributed by atoms with Crippen molar-refractivity contribution >= 4 is 17.2 Å². The Balaban J connectivity index is 1.74. The van der Waals surface area contributed by atoms with Crippen LogP contribution < -0.4 is 5.69 Å². The summed E-state index contributed by atoms with van der Waals surface area (Å²) in [4.78, 5) is 30.7. The number of carbonyl (C=O) groups excluding carboxylic acids is 1. The Morgan fingerprint density at radius 3 is 2.44 bits per heavy atom. The molecule has 0 N–H and O–H groups in total. The molecule has 1 fully saturated rings. The molecule has 0 radical (unpaired) electrons. The van der Waals surface area contributed by atoms with E-state index >= 15 is 0 Å². The van der Waals surface area contributed by atoms with Crippen molar-refractivity contribution in [3.05, 3.63) is 32.4 Å². The second-order valence-electron chi connectivity index (χ2n) is 5.90. The molecule has 7 nitrogen and oxygen atoms in total. The number of hydrogen-bond acceptors (Lipinski definition) is 5. The molecule has 0 bridgehead atoms. The maximum absolute atomic E-state index is 12.9. The fourth-order valence-corrected chi connectivity index (χ4v) is 3.67. The lowest BCUT2D eigenvalue weighted by Gasteiger charge is -2.31. The molecule has 0 atom stereocenters. The Bertz CT molecular complexity index is 846. The molecule has 0 aliphatic carbocycles. The molecule has 1 saturated heterocycles. The highest BCUT2D eigenvalue weighted by Gasteiger charge is 2.39. The third-order valence-electron chi connectivity index (χ3n) is 4.29. The van der Waals surface area contributed by atoms with Crippen LogP contribution in [0.25, 0.3) is 0 Å². The lowest BCUT2D eigenvalue weighted by Crippen LogP contribution is -2.41. The molecular formula is C14H16F3N5O2S. The highest BCUT2D eigenvalue weighted by Crippen LogP contribution is 2.28. The fourth-order valence-electron chi connectivity index (χ4n) is 2.91. The second kappa shape index (κ2) is 6.28. The van der Waals surface area contributed by atoms with Crippen LogP contribution in [0.1, 0.15) is 40.1 Å². The van der Waals surface area contributed by atoms with Crippen LogP contribution in [0.5, 0.6) is 0 Å². The van der Waals surface area contributed by atoms with Gasteiger partial charge in [0.2, 0.25) is 5.82 Å². The van der Waals surface area contributed by atoms with E-state index in [0.717, 1.165) is 11.7 Å². The Morgan fingerprint density at radius 2 is 1.96 bits per heavy atom. The maximum atomic E-state index is 12.9. The zero-order chi connectivity index (χ0) is 18.4. The van der Waals surface area contributed by atoms with Crippen LogP contribution in [0.2, 0.25) is 0 Å². The van der Waals surface area contributed by atoms with Crippen molar-refractivity contribution in [2.24, 2.45) is 7.05 Å². The summed E-state index contributed by atoms with van der Waals surface area (Å²) in [6, 6.07) is -0.457. The molecule has 2 aromatic heterocycles. The number of halogens is 3. The summed E-state index contributed by atoms with van der Waals surface area (Å²) < 4.78 is 40.0. The summed E-state index contributed by atoms with van der Waals surface area (Å²) in [5.74, 6) is -1.35. The predicted octanol–water partition coefficient (Wildman–Crippen LogP) is 1.84. The predicted molar refractivity (Wildman–Crippen MR) is 83.5 cm³/mol. The molecule has 0 spiro atoms. The standard InChI is InChI=1S/C14H16F3N5O2S/c1-8-10(25-7-18-8)11(23)21-5-3-9(4-6-21)22-13(24)20(2)12(19-22)14(15,16)17/h7,9H,3-6H2,1-2H3. The zero-order valence-corrected chi connectivity index (χ0v) is 14.4. The van der Waals surface area contributed by atoms with Crippen LogP contribution in [0.3, 0.4) is 0 Å². The van der Waals surface area contributed by atoms with E-state index in [1.165, 1.54) is 11.3 Å². The Labute approximate surface area is 144 Å². The molecule has 0 saturated carbocycles. The van der Waals surface area contributed by atoms with Gasteiger partial charge in [-0.25, -0.2) is 14.5 Å². The van der Waals surface area contributed by atoms with Gasteiger partial charge in [-0.1, -0.05) is 0 Å². The highest BCUT2D eigenvalue weighted by atomic mass is 32.1. The monoisotopic (exact) mass is 375 g/mol. The normalized spacial score (nSPS) is 16.4. The molecule has 3 heterocycles. The van der Waals surface area contributed by atoms with Gasteiger partial charge in [0.15, 0.2) is 0 Å². The van der Waals surface area contributed by atoms with E-state index in [4.69, 9.17) is 0 Å². The number of likely N-dealkylation sites (tertiary alicyclic amines) is 1. The van der Waals surface area contributed by atoms with Gasteiger partial charge >= 0.3 is 11.9 Å². The molecule has 1 aliphatic rings. The van der Waals surface area contributed by atoms with Gasteiger partial charge in [-0.15, -0.1) is 16.4 Å². The van der Waals surface area contributed by atoms with E-state index in [1.807, 2.05) is 0 Å². The minimum Gasteiger partial charge on any atom is -0.338 e. The van der Waals surface area contributed by atoms with Crippen molar-refractivity contribution in [3.63, 3.8) is 0 Å². The summed E-state index contributed by atoms with van der Waals surface area (Å²) in [6.45, 7) is 2.46. The lowest BCUT2D eigenvalue weighted by atomic mass is 10.1. The first-order valence-electron chi connectivity index (χ1n) is 7.62. The van der Waals surface area contributed by atoms with Gasteiger partial charge in [0, 0.05) is 20.1 Å². The van der Waals surface area contributed by atoms with Crippen LogP contribution in [-0.4, -0.2) is 43.2 Å². The molecular weight excluding hydrogens is 359 g/mol. The van der Waals surface area contributed by atoms with Crippen molar-refractivity contribution in [3.8, 4) is 0 Å². The number of alkyl halides is 3. The molecule has 1 amide bonds. The van der Waals surface area contributed by atoms with Crippen LogP contribution in [-0.2, 0) is 13.2 Å². The topological polar surface area (TPSA) is 73.0 Å². The van der Waals surface area contributed by atoms with E-state index in [2.05, 4.69) is 10.1 Å². The Hall–Kier alpha value is -2.17. The highest BCUT2D eigenvalue weighted by molar-refractivity contribution is 7.11. The van der Waals surface area contributed by atoms with Crippen LogP contribution in [0.15, 0.2) is 10.3 Å². The second-order valence-corrected chi connectivity index (χ2v) is 6.75. The summed E-state index contributed by atoms with van der Waals surface area (Å²) in [5, 5.41) is 3.47. The largest absolute Gasteiger partial charge is 0.451 e. The molecule has 3 rings (SSSR count). The Morgan fingerprint density at radius 1 is 1.32 bits per heavy atom. The number of amides is 1. The molecule has 2 aromatic rings. The van der Waals surface area contributed by atoms with Gasteiger partial charge < -0.3 is 4.90 Å². The first-order valence-corrected chi connectivity index (χ1v) is 8.50. The van der Waals surface area contributed by atoms with Gasteiger partial charge in [0.25, 0.3) is 5.91 Å². The summed E-state index contributed by atoms with van der Waals surface area (Å²) in [7, 11) is 1.06. The number of nitrogens with zero attached hydrogens (tertiary/aromatic N) is 5. The SMILES string of the molecule is Cc1ncsc1C(=O)N1CCC(n2nc(C(F)(F)F)n(C)c2=O)CC1. The lowest BCUT2D eigenvalue weighted by molar-refractivity contribution is -0.147. The van der Waals surface area contributed by atoms with Crippen molar-refractivity contribution in [1.29, 1.82) is 0 Å². The number of thiazole rings is 1. The number of rotatable bonds is 2. The average molecular weight is 375 g/mol. The number of piperidine rings is 1. The fraction of sp³-hybridized carbons (Fsp3) is 0.571. The van der Waals surface area contributed by atoms with Crippen molar-refractivity contribution in [2.45, 2.75) is 32.0 Å². The maximum Gasteiger partial charge on any atom is 0.451 e. The molecule has 136 valence electrons. The van der Waals surface area contributed by atoms with E-state index in [9.17, 15) is 22.8 Å². The van der Waals surface area contributed by atoms with Crippen LogP contribution in [0, 0.1) is 6.92 Å². The third kappa shape index (κ3) is 3.20. The first kappa shape index (κ1) is 17.6. The molecule has 25 heavy (non-hydrogen) atoms. The molecule has 0 aromatic carbocycles. The molecule has 0 unspecified atom stereocenters. The van der Waals surface area contributed by atoms with Crippen molar-refractivity contribution in [1.82, 2.24) is 24.2 Å². The van der Waals surface area contributed by atoms with Gasteiger partial charge in [-0.2, -0.15) is 13.2 Å². The quantitative estimate of drug-likeness (QED) is 0.803. The number of aromatic nitrogens is 4. The summed E-state index contributed by atoms with van der Waals surface area (Å²) in [5.41, 5.74) is 1.46. The minimum absolute atomic E-state index is 0.136. The third-order valence-corrected chi connectivity index (χ3v) is 5.21. The van der Waals surface area contributed by atoms with Gasteiger partial charge in [-0.3, -0.25) is 9.36 Å².